The monoisotopic (exact) mass is 586 g/mol. The SMILES string of the molecule is C=CC(=O)N1CCC(Nc2ccnc(C(=O)Nc3ccc(-c4cc5c(N6CCC(F)(F)CC6)ncnc5[nH]4)cc3)c2)CC1. The molecule has 2 aliphatic rings. The van der Waals surface area contributed by atoms with Crippen LogP contribution in [0.15, 0.2) is 67.6 Å². The fraction of sp³-hybridized carbons (Fsp3) is 0.323. The number of likely N-dealkylation sites (tertiary alicyclic amines) is 1. The van der Waals surface area contributed by atoms with Crippen LogP contribution in [-0.4, -0.2) is 74.8 Å². The molecule has 0 radical (unpaired) electrons. The van der Waals surface area contributed by atoms with Gasteiger partial charge in [-0.1, -0.05) is 18.7 Å². The van der Waals surface area contributed by atoms with E-state index in [-0.39, 0.29) is 49.5 Å². The zero-order valence-corrected chi connectivity index (χ0v) is 23.5. The van der Waals surface area contributed by atoms with Crippen molar-refractivity contribution in [2.75, 3.05) is 41.7 Å². The molecule has 2 amide bonds. The number of halogens is 2. The summed E-state index contributed by atoms with van der Waals surface area (Å²) < 4.78 is 27.4. The molecule has 0 spiro atoms. The third-order valence-electron chi connectivity index (χ3n) is 8.00. The molecule has 0 aliphatic carbocycles. The number of amides is 2. The van der Waals surface area contributed by atoms with Crippen molar-refractivity contribution in [1.82, 2.24) is 24.8 Å². The van der Waals surface area contributed by atoms with Gasteiger partial charge in [0, 0.05) is 68.3 Å². The normalized spacial score (nSPS) is 17.1. The van der Waals surface area contributed by atoms with Crippen LogP contribution in [0.1, 0.15) is 36.2 Å². The molecule has 222 valence electrons. The molecule has 0 bridgehead atoms. The molecule has 6 rings (SSSR count). The van der Waals surface area contributed by atoms with Crippen LogP contribution < -0.4 is 15.5 Å². The standard InChI is InChI=1S/C31H32F2N8O2/c1-2-27(42)40-13-8-22(9-14-40)37-23-7-12-34-26(17-23)30(43)38-21-5-3-20(4-6-21)25-18-24-28(39-25)35-19-36-29(24)41-15-10-31(32,33)11-16-41/h2-7,12,17-19,22H,1,8-11,13-16H2,(H,34,37)(H,38,43)(H,35,36,39). The summed E-state index contributed by atoms with van der Waals surface area (Å²) in [6.45, 7) is 5.33. The topological polar surface area (TPSA) is 119 Å². The van der Waals surface area contributed by atoms with Gasteiger partial charge < -0.3 is 25.4 Å². The Bertz CT molecular complexity index is 1640. The first-order valence-corrected chi connectivity index (χ1v) is 14.3. The van der Waals surface area contributed by atoms with Crippen molar-refractivity contribution < 1.29 is 18.4 Å². The van der Waals surface area contributed by atoms with E-state index in [1.165, 1.54) is 12.4 Å². The van der Waals surface area contributed by atoms with E-state index in [0.717, 1.165) is 35.2 Å². The maximum atomic E-state index is 13.7. The van der Waals surface area contributed by atoms with Crippen LogP contribution in [0.3, 0.4) is 0 Å². The van der Waals surface area contributed by atoms with Crippen LogP contribution in [0.4, 0.5) is 26.0 Å². The fourth-order valence-electron chi connectivity index (χ4n) is 5.56. The molecule has 0 atom stereocenters. The summed E-state index contributed by atoms with van der Waals surface area (Å²) in [6.07, 6.45) is 5.59. The lowest BCUT2D eigenvalue weighted by atomic mass is 10.0. The van der Waals surface area contributed by atoms with Crippen LogP contribution in [0.5, 0.6) is 0 Å². The number of carbonyl (C=O) groups is 2. The predicted octanol–water partition coefficient (Wildman–Crippen LogP) is 5.10. The lowest BCUT2D eigenvalue weighted by molar-refractivity contribution is -0.126. The van der Waals surface area contributed by atoms with Crippen molar-refractivity contribution in [2.24, 2.45) is 0 Å². The lowest BCUT2D eigenvalue weighted by Crippen LogP contribution is -2.41. The molecule has 0 saturated carbocycles. The first kappa shape index (κ1) is 28.3. The molecular weight excluding hydrogens is 554 g/mol. The summed E-state index contributed by atoms with van der Waals surface area (Å²) in [4.78, 5) is 44.7. The Morgan fingerprint density at radius 2 is 1.72 bits per heavy atom. The third-order valence-corrected chi connectivity index (χ3v) is 8.00. The van der Waals surface area contributed by atoms with Gasteiger partial charge in [0.25, 0.3) is 11.8 Å². The summed E-state index contributed by atoms with van der Waals surface area (Å²) in [5.74, 6) is -2.38. The number of piperidine rings is 2. The summed E-state index contributed by atoms with van der Waals surface area (Å²) in [5.41, 5.74) is 3.99. The number of H-pyrrole nitrogens is 1. The number of rotatable bonds is 7. The van der Waals surface area contributed by atoms with Crippen molar-refractivity contribution in [1.29, 1.82) is 0 Å². The van der Waals surface area contributed by atoms with E-state index in [1.807, 2.05) is 29.2 Å². The predicted molar refractivity (Wildman–Crippen MR) is 161 cm³/mol. The molecule has 0 unspecified atom stereocenters. The van der Waals surface area contributed by atoms with E-state index in [2.05, 4.69) is 37.1 Å². The molecule has 10 nitrogen and oxygen atoms in total. The molecule has 12 heteroatoms. The van der Waals surface area contributed by atoms with Gasteiger partial charge in [0.1, 0.15) is 23.5 Å². The second-order valence-corrected chi connectivity index (χ2v) is 10.9. The smallest absolute Gasteiger partial charge is 0.274 e. The highest BCUT2D eigenvalue weighted by atomic mass is 19.3. The maximum absolute atomic E-state index is 13.7. The van der Waals surface area contributed by atoms with Gasteiger partial charge in [-0.2, -0.15) is 0 Å². The Labute approximate surface area is 247 Å². The van der Waals surface area contributed by atoms with Gasteiger partial charge in [0.2, 0.25) is 5.91 Å². The van der Waals surface area contributed by atoms with E-state index in [1.54, 1.807) is 29.3 Å². The lowest BCUT2D eigenvalue weighted by Gasteiger charge is -2.32. The van der Waals surface area contributed by atoms with Crippen LogP contribution in [-0.2, 0) is 4.79 Å². The van der Waals surface area contributed by atoms with Crippen LogP contribution in [0.2, 0.25) is 0 Å². The second kappa shape index (κ2) is 11.8. The van der Waals surface area contributed by atoms with Crippen molar-refractivity contribution in [3.8, 4) is 11.3 Å². The van der Waals surface area contributed by atoms with Crippen molar-refractivity contribution in [3.05, 3.63) is 73.3 Å². The van der Waals surface area contributed by atoms with Gasteiger partial charge in [-0.05, 0) is 54.8 Å². The highest BCUT2D eigenvalue weighted by Gasteiger charge is 2.35. The van der Waals surface area contributed by atoms with Crippen molar-refractivity contribution in [2.45, 2.75) is 37.6 Å². The number of nitrogens with zero attached hydrogens (tertiary/aromatic N) is 5. The molecule has 2 aliphatic heterocycles. The number of nitrogens with one attached hydrogen (secondary N) is 3. The summed E-state index contributed by atoms with van der Waals surface area (Å²) in [7, 11) is 0. The van der Waals surface area contributed by atoms with Crippen LogP contribution in [0, 0.1) is 0 Å². The average molecular weight is 587 g/mol. The molecule has 5 heterocycles. The molecule has 3 aromatic heterocycles. The Balaban J connectivity index is 1.09. The van der Waals surface area contributed by atoms with Crippen LogP contribution in [0.25, 0.3) is 22.3 Å². The number of hydrogen-bond donors (Lipinski definition) is 3. The van der Waals surface area contributed by atoms with Crippen molar-refractivity contribution in [3.63, 3.8) is 0 Å². The number of alkyl halides is 2. The minimum absolute atomic E-state index is 0.0521. The number of aromatic nitrogens is 4. The average Bonchev–Trinajstić information content (AvgIpc) is 3.46. The fourth-order valence-corrected chi connectivity index (χ4v) is 5.56. The largest absolute Gasteiger partial charge is 0.382 e. The number of aromatic amines is 1. The molecule has 43 heavy (non-hydrogen) atoms. The van der Waals surface area contributed by atoms with E-state index in [9.17, 15) is 18.4 Å². The van der Waals surface area contributed by atoms with E-state index < -0.39 is 5.92 Å². The van der Waals surface area contributed by atoms with Gasteiger partial charge in [0.15, 0.2) is 0 Å². The van der Waals surface area contributed by atoms with E-state index in [4.69, 9.17) is 0 Å². The van der Waals surface area contributed by atoms with Crippen molar-refractivity contribution >= 4 is 40.0 Å². The Morgan fingerprint density at radius 1 is 0.977 bits per heavy atom. The number of fused-ring (bicyclic) bond motifs is 1. The number of carbonyl (C=O) groups excluding carboxylic acids is 2. The maximum Gasteiger partial charge on any atom is 0.274 e. The highest BCUT2D eigenvalue weighted by Crippen LogP contribution is 2.34. The zero-order valence-electron chi connectivity index (χ0n) is 23.5. The minimum Gasteiger partial charge on any atom is -0.382 e. The second-order valence-electron chi connectivity index (χ2n) is 10.9. The summed E-state index contributed by atoms with van der Waals surface area (Å²) in [5, 5.41) is 7.12. The van der Waals surface area contributed by atoms with Gasteiger partial charge in [-0.15, -0.1) is 0 Å². The number of pyridine rings is 1. The minimum atomic E-state index is -2.63. The Kier molecular flexibility index (Phi) is 7.75. The van der Waals surface area contributed by atoms with Crippen LogP contribution >= 0.6 is 0 Å². The van der Waals surface area contributed by atoms with Gasteiger partial charge in [-0.3, -0.25) is 14.6 Å². The number of benzene rings is 1. The molecule has 1 aromatic carbocycles. The first-order chi connectivity index (χ1) is 20.8. The van der Waals surface area contributed by atoms with Gasteiger partial charge in [0.05, 0.1) is 5.39 Å². The van der Waals surface area contributed by atoms with E-state index in [0.29, 0.717) is 30.2 Å². The number of hydrogen-bond acceptors (Lipinski definition) is 7. The molecule has 2 saturated heterocycles. The van der Waals surface area contributed by atoms with Gasteiger partial charge in [-0.25, -0.2) is 18.7 Å². The van der Waals surface area contributed by atoms with E-state index >= 15 is 0 Å². The molecule has 2 fully saturated rings. The zero-order chi connectivity index (χ0) is 30.0. The highest BCUT2D eigenvalue weighted by molar-refractivity contribution is 6.03. The first-order valence-electron chi connectivity index (χ1n) is 14.3. The number of anilines is 3. The molecular formula is C31H32F2N8O2. The van der Waals surface area contributed by atoms with Gasteiger partial charge >= 0.3 is 0 Å². The molecule has 4 aromatic rings. The Hall–Kier alpha value is -4.87. The summed E-state index contributed by atoms with van der Waals surface area (Å²) >= 11 is 0. The third kappa shape index (κ3) is 6.32. The summed E-state index contributed by atoms with van der Waals surface area (Å²) in [6, 6.07) is 13.0. The molecule has 3 N–H and O–H groups in total. The Morgan fingerprint density at radius 3 is 2.44 bits per heavy atom. The quantitative estimate of drug-likeness (QED) is 0.258.